The second-order valence-corrected chi connectivity index (χ2v) is 4.88. The fraction of sp³-hybridized carbons (Fsp3) is 0.286. The lowest BCUT2D eigenvalue weighted by atomic mass is 9.72. The van der Waals surface area contributed by atoms with Crippen LogP contribution in [0.25, 0.3) is 0 Å². The third-order valence-corrected chi connectivity index (χ3v) is 3.64. The number of pyridine rings is 2. The van der Waals surface area contributed by atoms with Crippen molar-refractivity contribution in [1.29, 1.82) is 0 Å². The minimum absolute atomic E-state index is 0.697. The lowest BCUT2D eigenvalue weighted by Crippen LogP contribution is -2.57. The van der Waals surface area contributed by atoms with E-state index < -0.39 is 11.1 Å². The lowest BCUT2D eigenvalue weighted by Gasteiger charge is -2.41. The van der Waals surface area contributed by atoms with Gasteiger partial charge in [-0.25, -0.2) is 0 Å². The Morgan fingerprint density at radius 3 is 1.28 bits per heavy atom. The Morgan fingerprint density at radius 2 is 1.00 bits per heavy atom. The normalized spacial score (nSPS) is 17.8. The summed E-state index contributed by atoms with van der Waals surface area (Å²) < 4.78 is 0. The Kier molecular flexibility index (Phi) is 3.15. The number of rotatable bonds is 3. The molecule has 2 heterocycles. The predicted octanol–water partition coefficient (Wildman–Crippen LogP) is 1.52. The molecular formula is C14H18N4. The molecule has 0 fully saturated rings. The van der Waals surface area contributed by atoms with E-state index in [4.69, 9.17) is 11.5 Å². The van der Waals surface area contributed by atoms with E-state index in [1.807, 2.05) is 38.1 Å². The monoisotopic (exact) mass is 242 g/mol. The summed E-state index contributed by atoms with van der Waals surface area (Å²) in [6, 6.07) is 7.58. The van der Waals surface area contributed by atoms with Crippen LogP contribution < -0.4 is 11.5 Å². The topological polar surface area (TPSA) is 77.8 Å². The average Bonchev–Trinajstić information content (AvgIpc) is 2.40. The Hall–Kier alpha value is -1.78. The molecule has 18 heavy (non-hydrogen) atoms. The predicted molar refractivity (Wildman–Crippen MR) is 71.6 cm³/mol. The SMILES string of the molecule is CC(N)(c1ccncc1)C(C)(N)c1ccncc1. The molecule has 0 radical (unpaired) electrons. The Balaban J connectivity index is 2.47. The fourth-order valence-electron chi connectivity index (χ4n) is 2.00. The molecule has 0 aliphatic heterocycles. The molecule has 4 heteroatoms. The highest BCUT2D eigenvalue weighted by molar-refractivity contribution is 5.33. The zero-order valence-electron chi connectivity index (χ0n) is 10.7. The zero-order valence-corrected chi connectivity index (χ0v) is 10.7. The van der Waals surface area contributed by atoms with Gasteiger partial charge in [0.1, 0.15) is 0 Å². The smallest absolute Gasteiger partial charge is 0.0604 e. The van der Waals surface area contributed by atoms with Crippen LogP contribution in [0, 0.1) is 0 Å². The van der Waals surface area contributed by atoms with Crippen molar-refractivity contribution in [3.63, 3.8) is 0 Å². The minimum atomic E-state index is -0.697. The highest BCUT2D eigenvalue weighted by Gasteiger charge is 2.41. The Bertz CT molecular complexity index is 456. The summed E-state index contributed by atoms with van der Waals surface area (Å²) in [4.78, 5) is 8.01. The molecule has 2 rings (SSSR count). The second-order valence-electron chi connectivity index (χ2n) is 4.88. The molecule has 4 N–H and O–H groups in total. The Labute approximate surface area is 107 Å². The molecule has 2 aromatic heterocycles. The molecule has 4 nitrogen and oxygen atoms in total. The molecule has 0 saturated carbocycles. The maximum Gasteiger partial charge on any atom is 0.0604 e. The number of nitrogens with zero attached hydrogens (tertiary/aromatic N) is 2. The van der Waals surface area contributed by atoms with Crippen LogP contribution >= 0.6 is 0 Å². The highest BCUT2D eigenvalue weighted by atomic mass is 14.9. The summed E-state index contributed by atoms with van der Waals surface area (Å²) in [6.45, 7) is 3.87. The molecule has 2 unspecified atom stereocenters. The summed E-state index contributed by atoms with van der Waals surface area (Å²) in [5, 5.41) is 0. The third-order valence-electron chi connectivity index (χ3n) is 3.64. The van der Waals surface area contributed by atoms with Crippen LogP contribution in [-0.4, -0.2) is 9.97 Å². The molecule has 2 aromatic rings. The lowest BCUT2D eigenvalue weighted by molar-refractivity contribution is 0.268. The van der Waals surface area contributed by atoms with Crippen LogP contribution in [0.2, 0.25) is 0 Å². The van der Waals surface area contributed by atoms with Gasteiger partial charge in [-0.3, -0.25) is 9.97 Å². The summed E-state index contributed by atoms with van der Waals surface area (Å²) in [5.41, 5.74) is 13.5. The summed E-state index contributed by atoms with van der Waals surface area (Å²) in [5.74, 6) is 0. The van der Waals surface area contributed by atoms with E-state index in [0.717, 1.165) is 11.1 Å². The first kappa shape index (κ1) is 12.7. The fourth-order valence-corrected chi connectivity index (χ4v) is 2.00. The van der Waals surface area contributed by atoms with Gasteiger partial charge in [-0.2, -0.15) is 0 Å². The van der Waals surface area contributed by atoms with Gasteiger partial charge in [-0.05, 0) is 49.2 Å². The van der Waals surface area contributed by atoms with Gasteiger partial charge in [-0.1, -0.05) is 0 Å². The van der Waals surface area contributed by atoms with Crippen molar-refractivity contribution in [2.45, 2.75) is 24.9 Å². The molecule has 0 aromatic carbocycles. The summed E-state index contributed by atoms with van der Waals surface area (Å²) in [6.07, 6.45) is 6.90. The second kappa shape index (κ2) is 4.48. The molecule has 0 amide bonds. The molecule has 0 bridgehead atoms. The maximum absolute atomic E-state index is 6.47. The van der Waals surface area contributed by atoms with Gasteiger partial charge in [0, 0.05) is 24.8 Å². The van der Waals surface area contributed by atoms with Crippen molar-refractivity contribution < 1.29 is 0 Å². The van der Waals surface area contributed by atoms with Crippen molar-refractivity contribution in [3.8, 4) is 0 Å². The first-order chi connectivity index (χ1) is 8.46. The molecule has 0 spiro atoms. The van der Waals surface area contributed by atoms with Crippen LogP contribution in [0.3, 0.4) is 0 Å². The van der Waals surface area contributed by atoms with E-state index in [-0.39, 0.29) is 0 Å². The van der Waals surface area contributed by atoms with Crippen LogP contribution in [-0.2, 0) is 11.1 Å². The largest absolute Gasteiger partial charge is 0.320 e. The first-order valence-corrected chi connectivity index (χ1v) is 5.85. The van der Waals surface area contributed by atoms with Crippen LogP contribution in [0.15, 0.2) is 49.1 Å². The van der Waals surface area contributed by atoms with Gasteiger partial charge < -0.3 is 11.5 Å². The standard InChI is InChI=1S/C14H18N4/c1-13(15,11-3-7-17-8-4-11)14(2,16)12-5-9-18-10-6-12/h3-10H,15-16H2,1-2H3. The van der Waals surface area contributed by atoms with Crippen LogP contribution in [0.4, 0.5) is 0 Å². The van der Waals surface area contributed by atoms with Gasteiger partial charge in [0.05, 0.1) is 11.1 Å². The van der Waals surface area contributed by atoms with Crippen LogP contribution in [0.1, 0.15) is 25.0 Å². The van der Waals surface area contributed by atoms with Crippen molar-refractivity contribution >= 4 is 0 Å². The number of nitrogens with two attached hydrogens (primary N) is 2. The molecule has 0 aliphatic rings. The first-order valence-electron chi connectivity index (χ1n) is 5.85. The van der Waals surface area contributed by atoms with Crippen molar-refractivity contribution in [2.75, 3.05) is 0 Å². The van der Waals surface area contributed by atoms with E-state index in [1.165, 1.54) is 0 Å². The summed E-state index contributed by atoms with van der Waals surface area (Å²) in [7, 11) is 0. The van der Waals surface area contributed by atoms with Crippen molar-refractivity contribution in [2.24, 2.45) is 11.5 Å². The van der Waals surface area contributed by atoms with E-state index in [2.05, 4.69) is 9.97 Å². The van der Waals surface area contributed by atoms with E-state index in [1.54, 1.807) is 24.8 Å². The number of hydrogen-bond donors (Lipinski definition) is 2. The number of hydrogen-bond acceptors (Lipinski definition) is 4. The maximum atomic E-state index is 6.47. The molecule has 94 valence electrons. The van der Waals surface area contributed by atoms with Gasteiger partial charge in [0.25, 0.3) is 0 Å². The van der Waals surface area contributed by atoms with Gasteiger partial charge >= 0.3 is 0 Å². The minimum Gasteiger partial charge on any atom is -0.320 e. The van der Waals surface area contributed by atoms with Gasteiger partial charge in [0.15, 0.2) is 0 Å². The highest BCUT2D eigenvalue weighted by Crippen LogP contribution is 2.35. The van der Waals surface area contributed by atoms with Gasteiger partial charge in [0.2, 0.25) is 0 Å². The molecule has 0 saturated heterocycles. The number of aromatic nitrogens is 2. The van der Waals surface area contributed by atoms with Crippen LogP contribution in [0.5, 0.6) is 0 Å². The van der Waals surface area contributed by atoms with E-state index >= 15 is 0 Å². The molecule has 0 aliphatic carbocycles. The van der Waals surface area contributed by atoms with Crippen molar-refractivity contribution in [3.05, 3.63) is 60.2 Å². The average molecular weight is 242 g/mol. The molecular weight excluding hydrogens is 224 g/mol. The molecule has 2 atom stereocenters. The third kappa shape index (κ3) is 2.00. The van der Waals surface area contributed by atoms with Gasteiger partial charge in [-0.15, -0.1) is 0 Å². The Morgan fingerprint density at radius 1 is 0.722 bits per heavy atom. The quantitative estimate of drug-likeness (QED) is 0.855. The summed E-state index contributed by atoms with van der Waals surface area (Å²) >= 11 is 0. The zero-order chi connectivity index (χ0) is 13.2. The van der Waals surface area contributed by atoms with E-state index in [0.29, 0.717) is 0 Å². The van der Waals surface area contributed by atoms with Crippen molar-refractivity contribution in [1.82, 2.24) is 9.97 Å². The van der Waals surface area contributed by atoms with E-state index in [9.17, 15) is 0 Å².